The average Bonchev–Trinajstić information content (AvgIpc) is 2.91. The third kappa shape index (κ3) is 3.54. The number of aromatic amines is 1. The number of carbonyl (C=O) groups excluding carboxylic acids is 1. The first-order chi connectivity index (χ1) is 9.10. The van der Waals surface area contributed by atoms with Crippen LogP contribution in [0.2, 0.25) is 0 Å². The molecule has 1 aliphatic rings. The van der Waals surface area contributed by atoms with Crippen molar-refractivity contribution >= 4 is 11.6 Å². The molecule has 0 aromatic carbocycles. The summed E-state index contributed by atoms with van der Waals surface area (Å²) in [6.07, 6.45) is 1.90. The zero-order valence-electron chi connectivity index (χ0n) is 11.6. The van der Waals surface area contributed by atoms with Gasteiger partial charge in [0.05, 0.1) is 23.6 Å². The summed E-state index contributed by atoms with van der Waals surface area (Å²) in [5.41, 5.74) is 2.48. The van der Waals surface area contributed by atoms with E-state index in [4.69, 9.17) is 5.11 Å². The van der Waals surface area contributed by atoms with E-state index < -0.39 is 0 Å². The normalized spacial score (nSPS) is 19.8. The number of hydrogen-bond acceptors (Lipinski definition) is 4. The minimum atomic E-state index is -0.00255. The Balaban J connectivity index is 1.82. The van der Waals surface area contributed by atoms with Crippen LogP contribution in [0, 0.1) is 19.8 Å². The standard InChI is InChI=1S/C13H22N4O2/c1-9-13(10(2)16-15-9)14-12(19)8-17-5-3-11(7-17)4-6-18/h11,18H,3-8H2,1-2H3,(H,14,19)(H,15,16). The van der Waals surface area contributed by atoms with Gasteiger partial charge in [0.1, 0.15) is 0 Å². The van der Waals surface area contributed by atoms with E-state index in [2.05, 4.69) is 20.4 Å². The highest BCUT2D eigenvalue weighted by Gasteiger charge is 2.23. The van der Waals surface area contributed by atoms with E-state index >= 15 is 0 Å². The Morgan fingerprint density at radius 1 is 1.58 bits per heavy atom. The van der Waals surface area contributed by atoms with Crippen molar-refractivity contribution in [2.24, 2.45) is 5.92 Å². The molecule has 1 atom stereocenters. The van der Waals surface area contributed by atoms with E-state index in [0.29, 0.717) is 12.5 Å². The lowest BCUT2D eigenvalue weighted by molar-refractivity contribution is -0.117. The van der Waals surface area contributed by atoms with Gasteiger partial charge in [-0.3, -0.25) is 14.8 Å². The van der Waals surface area contributed by atoms with Crippen LogP contribution in [0.3, 0.4) is 0 Å². The second kappa shape index (κ2) is 6.16. The Morgan fingerprint density at radius 3 is 3.00 bits per heavy atom. The van der Waals surface area contributed by atoms with Crippen LogP contribution in [0.25, 0.3) is 0 Å². The number of aliphatic hydroxyl groups is 1. The Kier molecular flexibility index (Phi) is 4.55. The fourth-order valence-electron chi connectivity index (χ4n) is 2.59. The van der Waals surface area contributed by atoms with Crippen LogP contribution in [0.4, 0.5) is 5.69 Å². The molecule has 0 spiro atoms. The minimum Gasteiger partial charge on any atom is -0.396 e. The number of hydrogen-bond donors (Lipinski definition) is 3. The number of aryl methyl sites for hydroxylation is 2. The topological polar surface area (TPSA) is 81.2 Å². The highest BCUT2D eigenvalue weighted by Crippen LogP contribution is 2.20. The first kappa shape index (κ1) is 14.0. The van der Waals surface area contributed by atoms with Gasteiger partial charge in [0, 0.05) is 13.2 Å². The maximum Gasteiger partial charge on any atom is 0.238 e. The van der Waals surface area contributed by atoms with Crippen LogP contribution in [0.1, 0.15) is 24.2 Å². The molecule has 3 N–H and O–H groups in total. The summed E-state index contributed by atoms with van der Waals surface area (Å²) in [6, 6.07) is 0. The smallest absolute Gasteiger partial charge is 0.238 e. The maximum atomic E-state index is 12.0. The molecule has 1 aliphatic heterocycles. The summed E-state index contributed by atoms with van der Waals surface area (Å²) in [5, 5.41) is 18.7. The number of nitrogens with zero attached hydrogens (tertiary/aromatic N) is 2. The third-order valence-electron chi connectivity index (χ3n) is 3.67. The summed E-state index contributed by atoms with van der Waals surface area (Å²) in [4.78, 5) is 14.1. The van der Waals surface area contributed by atoms with Crippen LogP contribution < -0.4 is 5.32 Å². The van der Waals surface area contributed by atoms with Crippen LogP contribution in [-0.2, 0) is 4.79 Å². The summed E-state index contributed by atoms with van der Waals surface area (Å²) in [7, 11) is 0. The van der Waals surface area contributed by atoms with Crippen LogP contribution in [0.5, 0.6) is 0 Å². The van der Waals surface area contributed by atoms with Gasteiger partial charge >= 0.3 is 0 Å². The molecule has 106 valence electrons. The minimum absolute atomic E-state index is 0.00255. The Morgan fingerprint density at radius 2 is 2.37 bits per heavy atom. The molecule has 1 aromatic rings. The molecule has 6 nitrogen and oxygen atoms in total. The van der Waals surface area contributed by atoms with E-state index in [1.54, 1.807) is 0 Å². The van der Waals surface area contributed by atoms with Crippen molar-refractivity contribution in [1.82, 2.24) is 15.1 Å². The molecule has 2 heterocycles. The third-order valence-corrected chi connectivity index (χ3v) is 3.67. The lowest BCUT2D eigenvalue weighted by Crippen LogP contribution is -2.31. The second-order valence-corrected chi connectivity index (χ2v) is 5.26. The molecule has 1 saturated heterocycles. The number of anilines is 1. The fourth-order valence-corrected chi connectivity index (χ4v) is 2.59. The van der Waals surface area contributed by atoms with Crippen LogP contribution >= 0.6 is 0 Å². The largest absolute Gasteiger partial charge is 0.396 e. The zero-order valence-corrected chi connectivity index (χ0v) is 11.6. The first-order valence-corrected chi connectivity index (χ1v) is 6.74. The van der Waals surface area contributed by atoms with Gasteiger partial charge in [-0.15, -0.1) is 0 Å². The summed E-state index contributed by atoms with van der Waals surface area (Å²) in [5.74, 6) is 0.521. The first-order valence-electron chi connectivity index (χ1n) is 6.74. The summed E-state index contributed by atoms with van der Waals surface area (Å²) >= 11 is 0. The van der Waals surface area contributed by atoms with E-state index in [1.807, 2.05) is 13.8 Å². The molecular formula is C13H22N4O2. The molecule has 2 rings (SSSR count). The van der Waals surface area contributed by atoms with E-state index in [9.17, 15) is 4.79 Å². The Bertz CT molecular complexity index is 424. The van der Waals surface area contributed by atoms with E-state index in [0.717, 1.165) is 43.0 Å². The number of aromatic nitrogens is 2. The van der Waals surface area contributed by atoms with Gasteiger partial charge in [0.2, 0.25) is 5.91 Å². The molecule has 0 aliphatic carbocycles. The van der Waals surface area contributed by atoms with Crippen molar-refractivity contribution in [2.45, 2.75) is 26.7 Å². The number of nitrogens with one attached hydrogen (secondary N) is 2. The maximum absolute atomic E-state index is 12.0. The van der Waals surface area contributed by atoms with Gasteiger partial charge in [0.15, 0.2) is 0 Å². The molecule has 1 unspecified atom stereocenters. The molecular weight excluding hydrogens is 244 g/mol. The molecule has 19 heavy (non-hydrogen) atoms. The molecule has 1 amide bonds. The SMILES string of the molecule is Cc1n[nH]c(C)c1NC(=O)CN1CCC(CCO)C1. The van der Waals surface area contributed by atoms with Gasteiger partial charge in [-0.2, -0.15) is 5.10 Å². The quantitative estimate of drug-likeness (QED) is 0.731. The lowest BCUT2D eigenvalue weighted by Gasteiger charge is -2.15. The predicted molar refractivity (Wildman–Crippen MR) is 72.9 cm³/mol. The highest BCUT2D eigenvalue weighted by atomic mass is 16.3. The highest BCUT2D eigenvalue weighted by molar-refractivity contribution is 5.93. The number of aliphatic hydroxyl groups excluding tert-OH is 1. The van der Waals surface area contributed by atoms with Crippen molar-refractivity contribution in [3.8, 4) is 0 Å². The molecule has 0 saturated carbocycles. The van der Waals surface area contributed by atoms with E-state index in [1.165, 1.54) is 0 Å². The fraction of sp³-hybridized carbons (Fsp3) is 0.692. The van der Waals surface area contributed by atoms with Crippen LogP contribution in [0.15, 0.2) is 0 Å². The van der Waals surface area contributed by atoms with Gasteiger partial charge < -0.3 is 10.4 Å². The molecule has 1 fully saturated rings. The van der Waals surface area contributed by atoms with Gasteiger partial charge in [-0.05, 0) is 39.2 Å². The van der Waals surface area contributed by atoms with Crippen LogP contribution in [-0.4, -0.2) is 52.4 Å². The number of rotatable bonds is 5. The molecule has 0 bridgehead atoms. The van der Waals surface area contributed by atoms with Crippen molar-refractivity contribution < 1.29 is 9.90 Å². The second-order valence-electron chi connectivity index (χ2n) is 5.26. The predicted octanol–water partition coefficient (Wildman–Crippen LogP) is 0.669. The average molecular weight is 266 g/mol. The molecule has 6 heteroatoms. The lowest BCUT2D eigenvalue weighted by atomic mass is 10.1. The van der Waals surface area contributed by atoms with Gasteiger partial charge in [-0.1, -0.05) is 0 Å². The van der Waals surface area contributed by atoms with Crippen molar-refractivity contribution in [3.05, 3.63) is 11.4 Å². The number of likely N-dealkylation sites (tertiary alicyclic amines) is 1. The van der Waals surface area contributed by atoms with Crippen molar-refractivity contribution in [2.75, 3.05) is 31.6 Å². The molecule has 1 aromatic heterocycles. The van der Waals surface area contributed by atoms with Gasteiger partial charge in [0.25, 0.3) is 0 Å². The van der Waals surface area contributed by atoms with Gasteiger partial charge in [-0.25, -0.2) is 0 Å². The summed E-state index contributed by atoms with van der Waals surface area (Å²) in [6.45, 7) is 6.23. The Labute approximate surface area is 113 Å². The van der Waals surface area contributed by atoms with Crippen molar-refractivity contribution in [3.63, 3.8) is 0 Å². The monoisotopic (exact) mass is 266 g/mol. The molecule has 0 radical (unpaired) electrons. The Hall–Kier alpha value is -1.40. The number of H-pyrrole nitrogens is 1. The van der Waals surface area contributed by atoms with Crippen molar-refractivity contribution in [1.29, 1.82) is 0 Å². The number of carbonyl (C=O) groups is 1. The van der Waals surface area contributed by atoms with E-state index in [-0.39, 0.29) is 12.5 Å². The zero-order chi connectivity index (χ0) is 13.8. The number of amides is 1. The summed E-state index contributed by atoms with van der Waals surface area (Å²) < 4.78 is 0.